The Morgan fingerprint density at radius 2 is 1.94 bits per heavy atom. The lowest BCUT2D eigenvalue weighted by molar-refractivity contribution is -0.137. The van der Waals surface area contributed by atoms with Gasteiger partial charge in [0.2, 0.25) is 5.91 Å². The molecule has 4 nitrogen and oxygen atoms in total. The van der Waals surface area contributed by atoms with E-state index in [0.717, 1.165) is 5.56 Å². The third-order valence-electron chi connectivity index (χ3n) is 3.01. The molecule has 1 saturated heterocycles. The summed E-state index contributed by atoms with van der Waals surface area (Å²) >= 11 is 0. The average molecular weight is 235 g/mol. The van der Waals surface area contributed by atoms with Gasteiger partial charge in [0.25, 0.3) is 0 Å². The van der Waals surface area contributed by atoms with Crippen LogP contribution in [0.15, 0.2) is 30.3 Å². The normalized spacial score (nSPS) is 17.8. The second-order valence-corrected chi connectivity index (χ2v) is 4.08. The maximum absolute atomic E-state index is 12.2. The molecule has 0 spiro atoms. The SMILES string of the molecule is O=C([C@H](CO)c1ccccc1)N1CCOCC1. The summed E-state index contributed by atoms with van der Waals surface area (Å²) in [7, 11) is 0. The van der Waals surface area contributed by atoms with Gasteiger partial charge < -0.3 is 14.7 Å². The van der Waals surface area contributed by atoms with Crippen molar-refractivity contribution >= 4 is 5.91 Å². The number of amides is 1. The minimum absolute atomic E-state index is 0.0120. The zero-order valence-electron chi connectivity index (χ0n) is 9.71. The van der Waals surface area contributed by atoms with Gasteiger partial charge in [-0.25, -0.2) is 0 Å². The minimum Gasteiger partial charge on any atom is -0.395 e. The van der Waals surface area contributed by atoms with Gasteiger partial charge >= 0.3 is 0 Å². The molecule has 4 heteroatoms. The Morgan fingerprint density at radius 3 is 2.53 bits per heavy atom. The van der Waals surface area contributed by atoms with Crippen molar-refractivity contribution in [3.05, 3.63) is 35.9 Å². The number of ether oxygens (including phenoxy) is 1. The number of nitrogens with zero attached hydrogens (tertiary/aromatic N) is 1. The van der Waals surface area contributed by atoms with E-state index in [1.165, 1.54) is 0 Å². The molecule has 1 aromatic carbocycles. The molecule has 1 aliphatic heterocycles. The summed E-state index contributed by atoms with van der Waals surface area (Å²) in [5.74, 6) is -0.462. The maximum Gasteiger partial charge on any atom is 0.232 e. The van der Waals surface area contributed by atoms with Crippen molar-refractivity contribution in [2.75, 3.05) is 32.9 Å². The van der Waals surface area contributed by atoms with Crippen molar-refractivity contribution in [2.24, 2.45) is 0 Å². The van der Waals surface area contributed by atoms with Crippen LogP contribution in [0.25, 0.3) is 0 Å². The van der Waals surface area contributed by atoms with Crippen LogP contribution in [0.5, 0.6) is 0 Å². The third kappa shape index (κ3) is 2.84. The molecule has 1 heterocycles. The summed E-state index contributed by atoms with van der Waals surface area (Å²) in [6, 6.07) is 9.41. The number of aliphatic hydroxyl groups is 1. The number of hydrogen-bond donors (Lipinski definition) is 1. The van der Waals surface area contributed by atoms with E-state index in [1.54, 1.807) is 4.90 Å². The Balaban J connectivity index is 2.10. The van der Waals surface area contributed by atoms with Crippen molar-refractivity contribution in [1.29, 1.82) is 0 Å². The second-order valence-electron chi connectivity index (χ2n) is 4.08. The molecular formula is C13H17NO3. The minimum atomic E-state index is -0.450. The summed E-state index contributed by atoms with van der Waals surface area (Å²) in [5.41, 5.74) is 0.867. The van der Waals surface area contributed by atoms with Gasteiger partial charge in [0.1, 0.15) is 0 Å². The van der Waals surface area contributed by atoms with Crippen molar-refractivity contribution in [1.82, 2.24) is 4.90 Å². The van der Waals surface area contributed by atoms with Crippen LogP contribution in [0.2, 0.25) is 0 Å². The first-order valence-corrected chi connectivity index (χ1v) is 5.85. The zero-order valence-corrected chi connectivity index (χ0v) is 9.71. The molecule has 2 rings (SSSR count). The summed E-state index contributed by atoms with van der Waals surface area (Å²) in [6.07, 6.45) is 0. The molecule has 0 unspecified atom stereocenters. The molecular weight excluding hydrogens is 218 g/mol. The van der Waals surface area contributed by atoms with Crippen LogP contribution in [0.3, 0.4) is 0 Å². The molecule has 1 aromatic rings. The molecule has 1 aliphatic rings. The van der Waals surface area contributed by atoms with Crippen LogP contribution in [-0.2, 0) is 9.53 Å². The highest BCUT2D eigenvalue weighted by Gasteiger charge is 2.26. The van der Waals surface area contributed by atoms with Crippen molar-refractivity contribution in [3.8, 4) is 0 Å². The highest BCUT2D eigenvalue weighted by Crippen LogP contribution is 2.18. The van der Waals surface area contributed by atoms with Crippen molar-refractivity contribution in [3.63, 3.8) is 0 Å². The van der Waals surface area contributed by atoms with Gasteiger partial charge in [-0.3, -0.25) is 4.79 Å². The fourth-order valence-electron chi connectivity index (χ4n) is 2.02. The molecule has 0 radical (unpaired) electrons. The van der Waals surface area contributed by atoms with Crippen LogP contribution >= 0.6 is 0 Å². The van der Waals surface area contributed by atoms with E-state index in [0.29, 0.717) is 26.3 Å². The lowest BCUT2D eigenvalue weighted by Gasteiger charge is -2.30. The Morgan fingerprint density at radius 1 is 1.29 bits per heavy atom. The molecule has 0 bridgehead atoms. The van der Waals surface area contributed by atoms with Gasteiger partial charge in [0.05, 0.1) is 25.7 Å². The standard InChI is InChI=1S/C13H17NO3/c15-10-12(11-4-2-1-3-5-11)13(16)14-6-8-17-9-7-14/h1-5,12,15H,6-10H2/t12-/m1/s1. The number of rotatable bonds is 3. The van der Waals surface area contributed by atoms with Gasteiger partial charge in [-0.2, -0.15) is 0 Å². The first-order valence-electron chi connectivity index (χ1n) is 5.85. The summed E-state index contributed by atoms with van der Waals surface area (Å²) in [4.78, 5) is 14.0. The average Bonchev–Trinajstić information content (AvgIpc) is 2.42. The van der Waals surface area contributed by atoms with E-state index in [9.17, 15) is 9.90 Å². The number of hydrogen-bond acceptors (Lipinski definition) is 3. The predicted molar refractivity (Wildman–Crippen MR) is 63.7 cm³/mol. The van der Waals surface area contributed by atoms with E-state index in [2.05, 4.69) is 0 Å². The Labute approximate surface area is 101 Å². The molecule has 0 saturated carbocycles. The van der Waals surface area contributed by atoms with Crippen LogP contribution in [-0.4, -0.2) is 48.8 Å². The van der Waals surface area contributed by atoms with E-state index in [1.807, 2.05) is 30.3 Å². The number of carbonyl (C=O) groups is 1. The molecule has 17 heavy (non-hydrogen) atoms. The molecule has 1 fully saturated rings. The van der Waals surface area contributed by atoms with E-state index >= 15 is 0 Å². The first kappa shape index (κ1) is 12.1. The molecule has 0 aliphatic carbocycles. The Bertz CT molecular complexity index is 360. The fraction of sp³-hybridized carbons (Fsp3) is 0.462. The summed E-state index contributed by atoms with van der Waals surface area (Å²) < 4.78 is 5.21. The zero-order chi connectivity index (χ0) is 12.1. The lowest BCUT2D eigenvalue weighted by atomic mass is 9.98. The number of benzene rings is 1. The van der Waals surface area contributed by atoms with Gasteiger partial charge in [0, 0.05) is 13.1 Å². The van der Waals surface area contributed by atoms with Gasteiger partial charge in [-0.1, -0.05) is 30.3 Å². The van der Waals surface area contributed by atoms with Crippen LogP contribution in [0, 0.1) is 0 Å². The van der Waals surface area contributed by atoms with Crippen LogP contribution in [0.1, 0.15) is 11.5 Å². The number of carbonyl (C=O) groups excluding carboxylic acids is 1. The third-order valence-corrected chi connectivity index (χ3v) is 3.01. The van der Waals surface area contributed by atoms with Gasteiger partial charge in [0.15, 0.2) is 0 Å². The van der Waals surface area contributed by atoms with E-state index in [-0.39, 0.29) is 12.5 Å². The van der Waals surface area contributed by atoms with Gasteiger partial charge in [-0.05, 0) is 5.56 Å². The van der Waals surface area contributed by atoms with Crippen LogP contribution in [0.4, 0.5) is 0 Å². The Hall–Kier alpha value is -1.39. The van der Waals surface area contributed by atoms with Crippen LogP contribution < -0.4 is 0 Å². The summed E-state index contributed by atoms with van der Waals surface area (Å²) in [5, 5.41) is 9.40. The highest BCUT2D eigenvalue weighted by molar-refractivity contribution is 5.84. The number of morpholine rings is 1. The quantitative estimate of drug-likeness (QED) is 0.835. The highest BCUT2D eigenvalue weighted by atomic mass is 16.5. The van der Waals surface area contributed by atoms with E-state index in [4.69, 9.17) is 4.74 Å². The Kier molecular flexibility index (Phi) is 4.12. The molecule has 92 valence electrons. The monoisotopic (exact) mass is 235 g/mol. The summed E-state index contributed by atoms with van der Waals surface area (Å²) in [6.45, 7) is 2.24. The smallest absolute Gasteiger partial charge is 0.232 e. The van der Waals surface area contributed by atoms with Crippen molar-refractivity contribution < 1.29 is 14.6 Å². The van der Waals surface area contributed by atoms with Crippen molar-refractivity contribution in [2.45, 2.75) is 5.92 Å². The number of aliphatic hydroxyl groups excluding tert-OH is 1. The molecule has 1 N–H and O–H groups in total. The molecule has 1 atom stereocenters. The lowest BCUT2D eigenvalue weighted by Crippen LogP contribution is -2.43. The van der Waals surface area contributed by atoms with Gasteiger partial charge in [-0.15, -0.1) is 0 Å². The topological polar surface area (TPSA) is 49.8 Å². The first-order chi connectivity index (χ1) is 8.33. The second kappa shape index (κ2) is 5.80. The fourth-order valence-corrected chi connectivity index (χ4v) is 2.02. The predicted octanol–water partition coefficient (Wildman–Crippen LogP) is 0.621. The maximum atomic E-state index is 12.2. The van der Waals surface area contributed by atoms with E-state index < -0.39 is 5.92 Å². The molecule has 1 amide bonds. The largest absolute Gasteiger partial charge is 0.395 e. The molecule has 0 aromatic heterocycles.